The molecule has 3 aliphatic rings. The number of aromatic nitrogens is 1. The predicted molar refractivity (Wildman–Crippen MR) is 70.0 cm³/mol. The van der Waals surface area contributed by atoms with Crippen LogP contribution in [0, 0.1) is 0 Å². The van der Waals surface area contributed by atoms with Gasteiger partial charge in [-0.05, 0) is 19.3 Å². The second-order valence-electron chi connectivity index (χ2n) is 5.47. The van der Waals surface area contributed by atoms with E-state index in [9.17, 15) is 9.59 Å². The summed E-state index contributed by atoms with van der Waals surface area (Å²) < 4.78 is 13.0. The first-order valence-corrected chi connectivity index (χ1v) is 6.97. The minimum Gasteiger partial charge on any atom is -0.491 e. The summed E-state index contributed by atoms with van der Waals surface area (Å²) in [5.41, 5.74) is 1.11. The van der Waals surface area contributed by atoms with Crippen molar-refractivity contribution in [1.29, 1.82) is 0 Å². The number of pyridine rings is 1. The van der Waals surface area contributed by atoms with Gasteiger partial charge in [0.2, 0.25) is 5.43 Å². The zero-order chi connectivity index (χ0) is 13.9. The fourth-order valence-corrected chi connectivity index (χ4v) is 3.65. The Hall–Kier alpha value is -1.82. The summed E-state index contributed by atoms with van der Waals surface area (Å²) in [5, 5.41) is 0. The SMILES string of the molecule is COc1c2n3c(cc1=O)CCC3C1OCCCN1C2=O. The Bertz CT molecular complexity index is 651. The molecule has 0 saturated carbocycles. The average Bonchev–Trinajstić information content (AvgIpc) is 2.88. The first-order chi connectivity index (χ1) is 9.72. The topological polar surface area (TPSA) is 60.8 Å². The Morgan fingerprint density at radius 1 is 1.40 bits per heavy atom. The number of carbonyl (C=O) groups is 1. The number of hydrogen-bond donors (Lipinski definition) is 0. The number of aryl methyl sites for hydroxylation is 1. The predicted octanol–water partition coefficient (Wildman–Crippen LogP) is 0.546. The second-order valence-corrected chi connectivity index (χ2v) is 5.47. The lowest BCUT2D eigenvalue weighted by atomic mass is 10.1. The molecule has 6 heteroatoms. The maximum Gasteiger partial charge on any atom is 0.276 e. The average molecular weight is 276 g/mol. The van der Waals surface area contributed by atoms with Crippen LogP contribution >= 0.6 is 0 Å². The van der Waals surface area contributed by atoms with Gasteiger partial charge in [-0.2, -0.15) is 0 Å². The molecule has 1 fully saturated rings. The van der Waals surface area contributed by atoms with Crippen molar-refractivity contribution in [3.8, 4) is 5.75 Å². The lowest BCUT2D eigenvalue weighted by Gasteiger charge is -2.44. The van der Waals surface area contributed by atoms with Crippen LogP contribution in [-0.4, -0.2) is 41.9 Å². The Balaban J connectivity index is 1.98. The number of rotatable bonds is 1. The van der Waals surface area contributed by atoms with Crippen LogP contribution in [-0.2, 0) is 11.2 Å². The lowest BCUT2D eigenvalue weighted by molar-refractivity contribution is -0.109. The van der Waals surface area contributed by atoms with Gasteiger partial charge in [-0.25, -0.2) is 0 Å². The molecular formula is C14H16N2O4. The molecule has 1 amide bonds. The van der Waals surface area contributed by atoms with E-state index in [2.05, 4.69) is 0 Å². The number of hydrogen-bond acceptors (Lipinski definition) is 4. The van der Waals surface area contributed by atoms with Gasteiger partial charge < -0.3 is 18.9 Å². The Kier molecular flexibility index (Phi) is 2.44. The van der Waals surface area contributed by atoms with Gasteiger partial charge in [0.25, 0.3) is 5.91 Å². The van der Waals surface area contributed by atoms with Gasteiger partial charge in [0.1, 0.15) is 0 Å². The third-order valence-electron chi connectivity index (χ3n) is 4.45. The molecule has 2 atom stereocenters. The van der Waals surface area contributed by atoms with Gasteiger partial charge in [-0.1, -0.05) is 0 Å². The van der Waals surface area contributed by atoms with Crippen LogP contribution in [0.1, 0.15) is 35.1 Å². The first kappa shape index (κ1) is 12.0. The highest BCUT2D eigenvalue weighted by Crippen LogP contribution is 2.40. The van der Waals surface area contributed by atoms with E-state index in [-0.39, 0.29) is 29.4 Å². The smallest absolute Gasteiger partial charge is 0.276 e. The van der Waals surface area contributed by atoms with Crippen molar-refractivity contribution in [2.75, 3.05) is 20.3 Å². The minimum absolute atomic E-state index is 0.104. The molecule has 0 aliphatic carbocycles. The number of carbonyl (C=O) groups excluding carboxylic acids is 1. The van der Waals surface area contributed by atoms with Gasteiger partial charge in [-0.15, -0.1) is 0 Å². The molecule has 4 heterocycles. The van der Waals surface area contributed by atoms with E-state index in [1.165, 1.54) is 7.11 Å². The molecule has 2 unspecified atom stereocenters. The summed E-state index contributed by atoms with van der Waals surface area (Å²) in [6, 6.07) is 1.70. The maximum atomic E-state index is 12.7. The molecule has 1 aromatic heterocycles. The number of methoxy groups -OCH3 is 1. The van der Waals surface area contributed by atoms with Crippen LogP contribution in [0.4, 0.5) is 0 Å². The first-order valence-electron chi connectivity index (χ1n) is 6.97. The Morgan fingerprint density at radius 3 is 3.05 bits per heavy atom. The van der Waals surface area contributed by atoms with Gasteiger partial charge in [-0.3, -0.25) is 9.59 Å². The van der Waals surface area contributed by atoms with Crippen molar-refractivity contribution in [2.45, 2.75) is 31.5 Å². The van der Waals surface area contributed by atoms with Crippen LogP contribution in [0.5, 0.6) is 5.75 Å². The molecule has 4 rings (SSSR count). The van der Waals surface area contributed by atoms with Crippen LogP contribution in [0.25, 0.3) is 0 Å². The standard InChI is InChI=1S/C14H16N2O4/c1-19-12-10(17)7-8-3-4-9-14-15(5-2-6-20-14)13(18)11(12)16(8)9/h7,9,14H,2-6H2,1H3. The summed E-state index contributed by atoms with van der Waals surface area (Å²) in [4.78, 5) is 26.6. The van der Waals surface area contributed by atoms with Crippen LogP contribution < -0.4 is 10.2 Å². The summed E-state index contributed by atoms with van der Waals surface area (Å²) in [5.74, 6) is 0.0123. The van der Waals surface area contributed by atoms with E-state index in [4.69, 9.17) is 9.47 Å². The Labute approximate surface area is 115 Å². The molecule has 106 valence electrons. The van der Waals surface area contributed by atoms with Crippen molar-refractivity contribution >= 4 is 5.91 Å². The van der Waals surface area contributed by atoms with Gasteiger partial charge in [0.15, 0.2) is 17.7 Å². The van der Waals surface area contributed by atoms with E-state index >= 15 is 0 Å². The highest BCUT2D eigenvalue weighted by atomic mass is 16.5. The molecule has 0 spiro atoms. The lowest BCUT2D eigenvalue weighted by Crippen LogP contribution is -2.55. The molecule has 1 saturated heterocycles. The summed E-state index contributed by atoms with van der Waals surface area (Å²) >= 11 is 0. The van der Waals surface area contributed by atoms with E-state index < -0.39 is 0 Å². The van der Waals surface area contributed by atoms with Crippen molar-refractivity contribution in [3.05, 3.63) is 27.7 Å². The van der Waals surface area contributed by atoms with Crippen LogP contribution in [0.3, 0.4) is 0 Å². The van der Waals surface area contributed by atoms with Crippen molar-refractivity contribution in [1.82, 2.24) is 9.47 Å². The van der Waals surface area contributed by atoms with Gasteiger partial charge >= 0.3 is 0 Å². The number of fused-ring (bicyclic) bond motifs is 2. The second kappa shape index (κ2) is 4.09. The number of amides is 1. The molecule has 0 N–H and O–H groups in total. The molecule has 3 aliphatic heterocycles. The summed E-state index contributed by atoms with van der Waals surface area (Å²) in [7, 11) is 1.44. The van der Waals surface area contributed by atoms with E-state index in [0.29, 0.717) is 18.8 Å². The quantitative estimate of drug-likeness (QED) is 0.751. The summed E-state index contributed by atoms with van der Waals surface area (Å²) in [6.07, 6.45) is 2.34. The molecule has 20 heavy (non-hydrogen) atoms. The molecule has 1 aromatic rings. The third-order valence-corrected chi connectivity index (χ3v) is 4.45. The van der Waals surface area contributed by atoms with Crippen molar-refractivity contribution < 1.29 is 14.3 Å². The third kappa shape index (κ3) is 1.37. The minimum atomic E-state index is -0.209. The van der Waals surface area contributed by atoms with E-state index in [0.717, 1.165) is 25.0 Å². The normalized spacial score (nSPS) is 27.2. The molecule has 0 radical (unpaired) electrons. The van der Waals surface area contributed by atoms with E-state index in [1.807, 2.05) is 4.57 Å². The highest BCUT2D eigenvalue weighted by molar-refractivity contribution is 5.96. The molecule has 0 aromatic carbocycles. The van der Waals surface area contributed by atoms with Gasteiger partial charge in [0, 0.05) is 18.3 Å². The zero-order valence-electron chi connectivity index (χ0n) is 11.3. The van der Waals surface area contributed by atoms with Crippen molar-refractivity contribution in [3.63, 3.8) is 0 Å². The van der Waals surface area contributed by atoms with Crippen molar-refractivity contribution in [2.24, 2.45) is 0 Å². The highest BCUT2D eigenvalue weighted by Gasteiger charge is 2.46. The molecule has 0 bridgehead atoms. The fourth-order valence-electron chi connectivity index (χ4n) is 3.65. The maximum absolute atomic E-state index is 12.7. The molecule has 6 nitrogen and oxygen atoms in total. The number of ether oxygens (including phenoxy) is 2. The van der Waals surface area contributed by atoms with Crippen LogP contribution in [0.2, 0.25) is 0 Å². The number of nitrogens with zero attached hydrogens (tertiary/aromatic N) is 2. The van der Waals surface area contributed by atoms with E-state index in [1.54, 1.807) is 11.0 Å². The fraction of sp³-hybridized carbons (Fsp3) is 0.571. The van der Waals surface area contributed by atoms with Gasteiger partial charge in [0.05, 0.1) is 19.8 Å². The molecular weight excluding hydrogens is 260 g/mol. The Morgan fingerprint density at radius 2 is 2.25 bits per heavy atom. The van der Waals surface area contributed by atoms with Crippen LogP contribution in [0.15, 0.2) is 10.9 Å². The largest absolute Gasteiger partial charge is 0.491 e. The zero-order valence-corrected chi connectivity index (χ0v) is 11.3. The monoisotopic (exact) mass is 276 g/mol. The summed E-state index contributed by atoms with van der Waals surface area (Å²) in [6.45, 7) is 1.37.